The van der Waals surface area contributed by atoms with Gasteiger partial charge in [-0.15, -0.1) is 23.7 Å². The van der Waals surface area contributed by atoms with Crippen LogP contribution in [-0.2, 0) is 0 Å². The maximum Gasteiger partial charge on any atom is 0.265 e. The summed E-state index contributed by atoms with van der Waals surface area (Å²) in [6.45, 7) is 3.58. The summed E-state index contributed by atoms with van der Waals surface area (Å²) in [7, 11) is 0. The summed E-state index contributed by atoms with van der Waals surface area (Å²) in [6, 6.07) is 1.91. The van der Waals surface area contributed by atoms with Gasteiger partial charge in [0.15, 0.2) is 0 Å². The van der Waals surface area contributed by atoms with E-state index in [1.54, 1.807) is 6.07 Å². The van der Waals surface area contributed by atoms with Gasteiger partial charge in [0.1, 0.15) is 4.88 Å². The van der Waals surface area contributed by atoms with E-state index < -0.39 is 0 Å². The zero-order valence-corrected chi connectivity index (χ0v) is 12.7. The lowest BCUT2D eigenvalue weighted by Gasteiger charge is -2.34. The van der Waals surface area contributed by atoms with Gasteiger partial charge in [0, 0.05) is 19.1 Å². The van der Waals surface area contributed by atoms with Crippen LogP contribution in [0, 0.1) is 5.92 Å². The maximum absolute atomic E-state index is 12.3. The Kier molecular flexibility index (Phi) is 5.92. The summed E-state index contributed by atoms with van der Waals surface area (Å²) in [5.41, 5.74) is 5.92. The van der Waals surface area contributed by atoms with Crippen molar-refractivity contribution in [1.82, 2.24) is 4.90 Å². The molecule has 1 aliphatic rings. The maximum atomic E-state index is 12.3. The normalized spacial score (nSPS) is 21.3. The van der Waals surface area contributed by atoms with E-state index in [1.165, 1.54) is 11.3 Å². The minimum atomic E-state index is 0. The minimum absolute atomic E-state index is 0. The number of hydrogen-bond acceptors (Lipinski definition) is 3. The zero-order chi connectivity index (χ0) is 12.4. The monoisotopic (exact) mass is 308 g/mol. The van der Waals surface area contributed by atoms with Crippen LogP contribution in [-0.4, -0.2) is 29.9 Å². The summed E-state index contributed by atoms with van der Waals surface area (Å²) in [5.74, 6) is 0.460. The first-order chi connectivity index (χ1) is 8.09. The predicted octanol–water partition coefficient (Wildman–Crippen LogP) is 3.02. The Hall–Kier alpha value is -0.290. The second-order valence-corrected chi connectivity index (χ2v) is 5.93. The van der Waals surface area contributed by atoms with Crippen molar-refractivity contribution in [2.45, 2.75) is 25.8 Å². The molecule has 0 bridgehead atoms. The van der Waals surface area contributed by atoms with Gasteiger partial charge in [-0.05, 0) is 37.1 Å². The number of carbonyl (C=O) groups is 1. The van der Waals surface area contributed by atoms with E-state index in [-0.39, 0.29) is 24.4 Å². The molecule has 0 aromatic carbocycles. The average Bonchev–Trinajstić information content (AvgIpc) is 2.74. The van der Waals surface area contributed by atoms with Crippen LogP contribution >= 0.6 is 35.3 Å². The van der Waals surface area contributed by atoms with Gasteiger partial charge in [0.2, 0.25) is 0 Å². The lowest BCUT2D eigenvalue weighted by atomic mass is 9.92. The Morgan fingerprint density at radius 3 is 2.94 bits per heavy atom. The number of halogens is 2. The molecule has 0 radical (unpaired) electrons. The molecule has 0 saturated carbocycles. The Morgan fingerprint density at radius 2 is 2.39 bits per heavy atom. The average molecular weight is 309 g/mol. The molecule has 1 aromatic heterocycles. The SMILES string of the molecule is CC(N)C1CCCN(C(=O)c2sccc2Cl)C1.Cl. The molecule has 18 heavy (non-hydrogen) atoms. The van der Waals surface area contributed by atoms with Crippen LogP contribution in [0.1, 0.15) is 29.4 Å². The van der Waals surface area contributed by atoms with Crippen molar-refractivity contribution >= 4 is 41.3 Å². The molecule has 3 nitrogen and oxygen atoms in total. The highest BCUT2D eigenvalue weighted by Gasteiger charge is 2.27. The second-order valence-electron chi connectivity index (χ2n) is 4.61. The molecule has 2 rings (SSSR count). The van der Waals surface area contributed by atoms with Crippen molar-refractivity contribution in [3.05, 3.63) is 21.3 Å². The molecular formula is C12H18Cl2N2OS. The summed E-state index contributed by atoms with van der Waals surface area (Å²) in [4.78, 5) is 14.8. The van der Waals surface area contributed by atoms with Gasteiger partial charge < -0.3 is 10.6 Å². The van der Waals surface area contributed by atoms with E-state index >= 15 is 0 Å². The zero-order valence-electron chi connectivity index (χ0n) is 10.3. The van der Waals surface area contributed by atoms with Gasteiger partial charge in [0.25, 0.3) is 5.91 Å². The third kappa shape index (κ3) is 3.38. The lowest BCUT2D eigenvalue weighted by molar-refractivity contribution is 0.0666. The van der Waals surface area contributed by atoms with E-state index in [0.717, 1.165) is 25.9 Å². The van der Waals surface area contributed by atoms with Crippen molar-refractivity contribution in [3.63, 3.8) is 0 Å². The van der Waals surface area contributed by atoms with Gasteiger partial charge in [-0.2, -0.15) is 0 Å². The number of nitrogens with zero attached hydrogens (tertiary/aromatic N) is 1. The number of likely N-dealkylation sites (tertiary alicyclic amines) is 1. The van der Waals surface area contributed by atoms with E-state index in [4.69, 9.17) is 17.3 Å². The fourth-order valence-electron chi connectivity index (χ4n) is 2.21. The highest BCUT2D eigenvalue weighted by atomic mass is 35.5. The molecule has 2 unspecified atom stereocenters. The van der Waals surface area contributed by atoms with Crippen LogP contribution in [0.4, 0.5) is 0 Å². The van der Waals surface area contributed by atoms with Gasteiger partial charge in [-0.25, -0.2) is 0 Å². The molecule has 1 aliphatic heterocycles. The first kappa shape index (κ1) is 15.8. The number of piperidine rings is 1. The van der Waals surface area contributed by atoms with Crippen molar-refractivity contribution in [2.24, 2.45) is 11.7 Å². The van der Waals surface area contributed by atoms with Crippen molar-refractivity contribution < 1.29 is 4.79 Å². The van der Waals surface area contributed by atoms with E-state index in [2.05, 4.69) is 0 Å². The Morgan fingerprint density at radius 1 is 1.67 bits per heavy atom. The van der Waals surface area contributed by atoms with Gasteiger partial charge >= 0.3 is 0 Å². The number of amides is 1. The number of hydrogen-bond donors (Lipinski definition) is 1. The number of carbonyl (C=O) groups excluding carboxylic acids is 1. The number of rotatable bonds is 2. The standard InChI is InChI=1S/C12H17ClN2OS.ClH/c1-8(14)9-3-2-5-15(7-9)12(16)11-10(13)4-6-17-11;/h4,6,8-9H,2-3,5,7,14H2,1H3;1H. The minimum Gasteiger partial charge on any atom is -0.338 e. The fraction of sp³-hybridized carbons (Fsp3) is 0.583. The largest absolute Gasteiger partial charge is 0.338 e. The predicted molar refractivity (Wildman–Crippen MR) is 78.9 cm³/mol. The van der Waals surface area contributed by atoms with E-state index in [1.807, 2.05) is 17.2 Å². The summed E-state index contributed by atoms with van der Waals surface area (Å²) >= 11 is 7.40. The van der Waals surface area contributed by atoms with Crippen LogP contribution in [0.25, 0.3) is 0 Å². The van der Waals surface area contributed by atoms with Gasteiger partial charge in [0.05, 0.1) is 5.02 Å². The topological polar surface area (TPSA) is 46.3 Å². The quantitative estimate of drug-likeness (QED) is 0.913. The van der Waals surface area contributed by atoms with Crippen LogP contribution in [0.3, 0.4) is 0 Å². The molecule has 102 valence electrons. The second kappa shape index (κ2) is 6.75. The molecule has 0 spiro atoms. The summed E-state index contributed by atoms with van der Waals surface area (Å²) in [5, 5.41) is 2.41. The van der Waals surface area contributed by atoms with Crippen LogP contribution < -0.4 is 5.73 Å². The molecule has 2 heterocycles. The van der Waals surface area contributed by atoms with Crippen molar-refractivity contribution in [2.75, 3.05) is 13.1 Å². The van der Waals surface area contributed by atoms with E-state index in [9.17, 15) is 4.79 Å². The first-order valence-corrected chi connectivity index (χ1v) is 7.13. The van der Waals surface area contributed by atoms with E-state index in [0.29, 0.717) is 15.8 Å². The first-order valence-electron chi connectivity index (χ1n) is 5.87. The lowest BCUT2D eigenvalue weighted by Crippen LogP contribution is -2.44. The third-order valence-electron chi connectivity index (χ3n) is 3.30. The molecule has 1 fully saturated rings. The van der Waals surface area contributed by atoms with Crippen molar-refractivity contribution in [3.8, 4) is 0 Å². The summed E-state index contributed by atoms with van der Waals surface area (Å²) in [6.07, 6.45) is 2.14. The molecule has 2 atom stereocenters. The fourth-order valence-corrected chi connectivity index (χ4v) is 3.32. The highest BCUT2D eigenvalue weighted by Crippen LogP contribution is 2.26. The van der Waals surface area contributed by atoms with Crippen LogP contribution in [0.2, 0.25) is 5.02 Å². The molecule has 0 aliphatic carbocycles. The van der Waals surface area contributed by atoms with Crippen molar-refractivity contribution in [1.29, 1.82) is 0 Å². The Bertz CT molecular complexity index is 409. The smallest absolute Gasteiger partial charge is 0.265 e. The molecule has 2 N–H and O–H groups in total. The molecule has 1 aromatic rings. The number of nitrogens with two attached hydrogens (primary N) is 1. The Balaban J connectivity index is 0.00000162. The van der Waals surface area contributed by atoms with Gasteiger partial charge in [-0.1, -0.05) is 11.6 Å². The molecular weight excluding hydrogens is 291 g/mol. The molecule has 1 saturated heterocycles. The van der Waals surface area contributed by atoms with Crippen LogP contribution in [0.15, 0.2) is 11.4 Å². The Labute approximate surface area is 123 Å². The van der Waals surface area contributed by atoms with Gasteiger partial charge in [-0.3, -0.25) is 4.79 Å². The highest BCUT2D eigenvalue weighted by molar-refractivity contribution is 7.12. The molecule has 1 amide bonds. The number of thiophene rings is 1. The summed E-state index contributed by atoms with van der Waals surface area (Å²) < 4.78 is 0. The van der Waals surface area contributed by atoms with Crippen LogP contribution in [0.5, 0.6) is 0 Å². The third-order valence-corrected chi connectivity index (χ3v) is 4.63. The molecule has 6 heteroatoms.